The van der Waals surface area contributed by atoms with Gasteiger partial charge in [-0.05, 0) is 48.2 Å². The minimum atomic E-state index is 0.191. The van der Waals surface area contributed by atoms with Crippen LogP contribution >= 0.6 is 15.9 Å². The maximum absolute atomic E-state index is 5.68. The molecule has 0 amide bonds. The van der Waals surface area contributed by atoms with E-state index in [9.17, 15) is 0 Å². The molecule has 0 radical (unpaired) electrons. The van der Waals surface area contributed by atoms with Gasteiger partial charge in [0.2, 0.25) is 0 Å². The van der Waals surface area contributed by atoms with Gasteiger partial charge < -0.3 is 9.47 Å². The normalized spacial score (nSPS) is 15.0. The van der Waals surface area contributed by atoms with Gasteiger partial charge in [0.1, 0.15) is 5.75 Å². The van der Waals surface area contributed by atoms with E-state index in [2.05, 4.69) is 46.3 Å². The molecule has 0 bridgehead atoms. The summed E-state index contributed by atoms with van der Waals surface area (Å²) in [6.45, 7) is 5.54. The van der Waals surface area contributed by atoms with Crippen molar-refractivity contribution in [2.45, 2.75) is 38.0 Å². The number of alkyl halides is 1. The summed E-state index contributed by atoms with van der Waals surface area (Å²) >= 11 is 3.80. The van der Waals surface area contributed by atoms with E-state index in [0.29, 0.717) is 0 Å². The van der Waals surface area contributed by atoms with Crippen LogP contribution in [0.2, 0.25) is 0 Å². The maximum Gasteiger partial charge on any atom is 0.119 e. The lowest BCUT2D eigenvalue weighted by molar-refractivity contribution is 0.134. The fourth-order valence-electron chi connectivity index (χ4n) is 2.53. The molecule has 1 aliphatic heterocycles. The summed E-state index contributed by atoms with van der Waals surface area (Å²) in [6.07, 6.45) is 0.201. The van der Waals surface area contributed by atoms with Gasteiger partial charge >= 0.3 is 0 Å². The lowest BCUT2D eigenvalue weighted by Crippen LogP contribution is -2.05. The van der Waals surface area contributed by atoms with E-state index < -0.39 is 0 Å². The molecule has 2 aromatic rings. The highest BCUT2D eigenvalue weighted by molar-refractivity contribution is 9.09. The van der Waals surface area contributed by atoms with E-state index in [1.807, 2.05) is 26.0 Å². The zero-order valence-electron chi connectivity index (χ0n) is 12.3. The van der Waals surface area contributed by atoms with Gasteiger partial charge in [0.25, 0.3) is 0 Å². The number of benzene rings is 2. The van der Waals surface area contributed by atoms with Gasteiger partial charge in [0.15, 0.2) is 0 Å². The highest BCUT2D eigenvalue weighted by atomic mass is 79.9. The summed E-state index contributed by atoms with van der Waals surface area (Å²) in [5, 5.41) is 0. The fraction of sp³-hybridized carbons (Fsp3) is 0.333. The Labute approximate surface area is 134 Å². The molecule has 1 aliphatic rings. The Kier molecular flexibility index (Phi) is 4.32. The van der Waals surface area contributed by atoms with Crippen LogP contribution in [0.1, 0.15) is 40.9 Å². The molecule has 3 heteroatoms. The molecule has 1 unspecified atom stereocenters. The molecule has 0 spiro atoms. The molecule has 0 saturated heterocycles. The van der Waals surface area contributed by atoms with Crippen molar-refractivity contribution in [3.63, 3.8) is 0 Å². The summed E-state index contributed by atoms with van der Waals surface area (Å²) < 4.78 is 11.2. The summed E-state index contributed by atoms with van der Waals surface area (Å²) in [6, 6.07) is 14.9. The van der Waals surface area contributed by atoms with Crippen LogP contribution in [0.4, 0.5) is 0 Å². The van der Waals surface area contributed by atoms with Crippen molar-refractivity contribution in [2.75, 3.05) is 0 Å². The molecule has 0 aliphatic carbocycles. The Bertz CT molecular complexity index is 620. The van der Waals surface area contributed by atoms with Crippen molar-refractivity contribution >= 4 is 15.9 Å². The van der Waals surface area contributed by atoms with Gasteiger partial charge in [-0.25, -0.2) is 0 Å². The van der Waals surface area contributed by atoms with E-state index in [4.69, 9.17) is 9.47 Å². The Morgan fingerprint density at radius 1 is 0.952 bits per heavy atom. The summed E-state index contributed by atoms with van der Waals surface area (Å²) in [4.78, 5) is 0.191. The molecular weight excluding hydrogens is 328 g/mol. The van der Waals surface area contributed by atoms with Crippen molar-refractivity contribution in [3.8, 4) is 5.75 Å². The van der Waals surface area contributed by atoms with Crippen LogP contribution in [0.3, 0.4) is 0 Å². The Balaban J connectivity index is 1.79. The zero-order valence-corrected chi connectivity index (χ0v) is 13.9. The molecule has 0 N–H and O–H groups in total. The number of hydrogen-bond acceptors (Lipinski definition) is 2. The van der Waals surface area contributed by atoms with Gasteiger partial charge in [-0.1, -0.05) is 46.3 Å². The summed E-state index contributed by atoms with van der Waals surface area (Å²) in [5.74, 6) is 0.913. The standard InChI is InChI=1S/C18H19BrO2/c1-12(2)21-17-7-5-13(6-8-17)18(19)14-3-4-15-10-20-11-16(15)9-14/h3-9,12,18H,10-11H2,1-2H3. The van der Waals surface area contributed by atoms with E-state index >= 15 is 0 Å². The predicted molar refractivity (Wildman–Crippen MR) is 87.9 cm³/mol. The molecule has 0 aromatic heterocycles. The second-order valence-electron chi connectivity index (χ2n) is 5.62. The third-order valence-electron chi connectivity index (χ3n) is 3.58. The third kappa shape index (κ3) is 3.30. The topological polar surface area (TPSA) is 18.5 Å². The molecule has 110 valence electrons. The number of fused-ring (bicyclic) bond motifs is 1. The third-order valence-corrected chi connectivity index (χ3v) is 4.64. The van der Waals surface area contributed by atoms with Crippen molar-refractivity contribution in [1.82, 2.24) is 0 Å². The van der Waals surface area contributed by atoms with E-state index in [0.717, 1.165) is 19.0 Å². The average molecular weight is 347 g/mol. The first-order valence-corrected chi connectivity index (χ1v) is 8.15. The molecule has 2 nitrogen and oxygen atoms in total. The highest BCUT2D eigenvalue weighted by Gasteiger charge is 2.16. The van der Waals surface area contributed by atoms with Crippen LogP contribution in [-0.2, 0) is 18.0 Å². The predicted octanol–water partition coefficient (Wildman–Crippen LogP) is 4.99. The zero-order chi connectivity index (χ0) is 14.8. The first kappa shape index (κ1) is 14.6. The Morgan fingerprint density at radius 3 is 2.33 bits per heavy atom. The first-order chi connectivity index (χ1) is 10.1. The number of rotatable bonds is 4. The molecule has 0 saturated carbocycles. The SMILES string of the molecule is CC(C)Oc1ccc(C(Br)c2ccc3c(c2)COC3)cc1. The smallest absolute Gasteiger partial charge is 0.119 e. The average Bonchev–Trinajstić information content (AvgIpc) is 2.94. The number of ether oxygens (including phenoxy) is 2. The molecule has 21 heavy (non-hydrogen) atoms. The summed E-state index contributed by atoms with van der Waals surface area (Å²) in [7, 11) is 0. The second kappa shape index (κ2) is 6.20. The molecule has 3 rings (SSSR count). The van der Waals surface area contributed by atoms with Crippen molar-refractivity contribution in [2.24, 2.45) is 0 Å². The minimum Gasteiger partial charge on any atom is -0.491 e. The lowest BCUT2D eigenvalue weighted by Gasteiger charge is -2.14. The van der Waals surface area contributed by atoms with Gasteiger partial charge in [0.05, 0.1) is 24.1 Å². The number of hydrogen-bond donors (Lipinski definition) is 0. The Hall–Kier alpha value is -1.32. The van der Waals surface area contributed by atoms with Crippen LogP contribution in [-0.4, -0.2) is 6.10 Å². The molecule has 2 aromatic carbocycles. The van der Waals surface area contributed by atoms with Gasteiger partial charge in [-0.15, -0.1) is 0 Å². The lowest BCUT2D eigenvalue weighted by atomic mass is 10.0. The van der Waals surface area contributed by atoms with Gasteiger partial charge in [-0.3, -0.25) is 0 Å². The Morgan fingerprint density at radius 2 is 1.62 bits per heavy atom. The quantitative estimate of drug-likeness (QED) is 0.726. The molecule has 0 fully saturated rings. The van der Waals surface area contributed by atoms with E-state index in [-0.39, 0.29) is 10.9 Å². The maximum atomic E-state index is 5.68. The van der Waals surface area contributed by atoms with Crippen LogP contribution in [0.15, 0.2) is 42.5 Å². The van der Waals surface area contributed by atoms with Crippen LogP contribution in [0.5, 0.6) is 5.75 Å². The van der Waals surface area contributed by atoms with Crippen LogP contribution < -0.4 is 4.74 Å². The van der Waals surface area contributed by atoms with Crippen molar-refractivity contribution < 1.29 is 9.47 Å². The van der Waals surface area contributed by atoms with Gasteiger partial charge in [0, 0.05) is 0 Å². The number of halogens is 1. The van der Waals surface area contributed by atoms with Crippen LogP contribution in [0, 0.1) is 0 Å². The van der Waals surface area contributed by atoms with Crippen molar-refractivity contribution in [3.05, 3.63) is 64.7 Å². The molecule has 1 heterocycles. The largest absolute Gasteiger partial charge is 0.491 e. The highest BCUT2D eigenvalue weighted by Crippen LogP contribution is 2.34. The molecular formula is C18H19BrO2. The second-order valence-corrected chi connectivity index (χ2v) is 6.53. The van der Waals surface area contributed by atoms with E-state index in [1.54, 1.807) is 0 Å². The minimum absolute atomic E-state index is 0.191. The van der Waals surface area contributed by atoms with Crippen LogP contribution in [0.25, 0.3) is 0 Å². The van der Waals surface area contributed by atoms with Crippen molar-refractivity contribution in [1.29, 1.82) is 0 Å². The first-order valence-electron chi connectivity index (χ1n) is 7.23. The fourth-order valence-corrected chi connectivity index (χ4v) is 3.12. The summed E-state index contributed by atoms with van der Waals surface area (Å²) in [5.41, 5.74) is 5.09. The van der Waals surface area contributed by atoms with E-state index in [1.165, 1.54) is 22.3 Å². The van der Waals surface area contributed by atoms with Gasteiger partial charge in [-0.2, -0.15) is 0 Å². The monoisotopic (exact) mass is 346 g/mol. The molecule has 1 atom stereocenters.